The second-order valence-electron chi connectivity index (χ2n) is 8.58. The van der Waals surface area contributed by atoms with Crippen LogP contribution in [0, 0.1) is 51.4 Å². The normalized spacial score (nSPS) is 24.6. The zero-order valence-corrected chi connectivity index (χ0v) is 17.5. The lowest BCUT2D eigenvalue weighted by Gasteiger charge is -2.26. The maximum Gasteiger partial charge on any atom is 0.228 e. The highest BCUT2D eigenvalue weighted by Crippen LogP contribution is 2.48. The molecule has 0 heterocycles. The molecule has 2 bridgehead atoms. The van der Waals surface area contributed by atoms with E-state index >= 15 is 0 Å². The summed E-state index contributed by atoms with van der Waals surface area (Å²) in [7, 11) is 0. The van der Waals surface area contributed by atoms with Gasteiger partial charge in [0.05, 0.1) is 11.8 Å². The molecular weight excluding hydrogens is 360 g/mol. The zero-order chi connectivity index (χ0) is 20.7. The Bertz CT molecular complexity index is 928. The van der Waals surface area contributed by atoms with Crippen LogP contribution in [0.1, 0.15) is 28.7 Å². The molecule has 2 aromatic carbocycles. The van der Waals surface area contributed by atoms with Gasteiger partial charge in [0.2, 0.25) is 11.8 Å². The molecule has 4 rings (SSSR count). The van der Waals surface area contributed by atoms with Crippen molar-refractivity contribution in [3.8, 4) is 0 Å². The molecule has 4 nitrogen and oxygen atoms in total. The quantitative estimate of drug-likeness (QED) is 0.729. The fraction of sp³-hybridized carbons (Fsp3) is 0.360. The minimum Gasteiger partial charge on any atom is -0.326 e. The van der Waals surface area contributed by atoms with Crippen molar-refractivity contribution in [2.75, 3.05) is 10.6 Å². The van der Waals surface area contributed by atoms with E-state index in [1.807, 2.05) is 50.2 Å². The van der Waals surface area contributed by atoms with E-state index in [1.165, 1.54) is 11.1 Å². The number of amides is 2. The SMILES string of the molecule is Cc1ccc(NC(=O)[C@@H]2[C@H](C(=O)Nc3ccc(C)c(C)c3)[C@@H]3C=C[C@@H]2C3)cc1C. The first-order valence-corrected chi connectivity index (χ1v) is 10.3. The summed E-state index contributed by atoms with van der Waals surface area (Å²) in [6, 6.07) is 11.8. The molecule has 0 saturated heterocycles. The van der Waals surface area contributed by atoms with Crippen molar-refractivity contribution in [3.05, 3.63) is 70.8 Å². The Balaban J connectivity index is 1.53. The Labute approximate surface area is 172 Å². The third-order valence-electron chi connectivity index (χ3n) is 6.61. The van der Waals surface area contributed by atoms with Crippen LogP contribution in [-0.2, 0) is 9.59 Å². The average molecular weight is 389 g/mol. The topological polar surface area (TPSA) is 58.2 Å². The molecule has 2 N–H and O–H groups in total. The van der Waals surface area contributed by atoms with Gasteiger partial charge in [0, 0.05) is 11.4 Å². The van der Waals surface area contributed by atoms with E-state index in [4.69, 9.17) is 0 Å². The van der Waals surface area contributed by atoms with Crippen LogP contribution in [-0.4, -0.2) is 11.8 Å². The lowest BCUT2D eigenvalue weighted by Crippen LogP contribution is -2.39. The van der Waals surface area contributed by atoms with Crippen LogP contribution in [0.2, 0.25) is 0 Å². The first-order chi connectivity index (χ1) is 13.8. The van der Waals surface area contributed by atoms with Gasteiger partial charge in [-0.25, -0.2) is 0 Å². The Morgan fingerprint density at radius 2 is 1.10 bits per heavy atom. The largest absolute Gasteiger partial charge is 0.326 e. The molecule has 2 aliphatic carbocycles. The van der Waals surface area contributed by atoms with Crippen molar-refractivity contribution in [3.63, 3.8) is 0 Å². The molecule has 2 amide bonds. The van der Waals surface area contributed by atoms with Crippen LogP contribution >= 0.6 is 0 Å². The highest BCUT2D eigenvalue weighted by atomic mass is 16.2. The van der Waals surface area contributed by atoms with Crippen molar-refractivity contribution in [1.29, 1.82) is 0 Å². The Kier molecular flexibility index (Phi) is 5.03. The standard InChI is InChI=1S/C25H28N2O2/c1-14-5-9-20(11-16(14)3)26-24(28)22-18-7-8-19(13-18)23(22)25(29)27-21-10-6-15(2)17(4)12-21/h5-12,18-19,22-23H,13H2,1-4H3,(H,26,28)(H,27,29)/t18-,19-,22-,23+/m1/s1. The number of nitrogens with one attached hydrogen (secondary N) is 2. The molecule has 0 spiro atoms. The van der Waals surface area contributed by atoms with Crippen molar-refractivity contribution < 1.29 is 9.59 Å². The van der Waals surface area contributed by atoms with E-state index < -0.39 is 0 Å². The number of hydrogen-bond acceptors (Lipinski definition) is 2. The predicted molar refractivity (Wildman–Crippen MR) is 117 cm³/mol. The van der Waals surface area contributed by atoms with Crippen LogP contribution in [0.25, 0.3) is 0 Å². The first kappa shape index (κ1) is 19.4. The summed E-state index contributed by atoms with van der Waals surface area (Å²) in [6.45, 7) is 8.17. The van der Waals surface area contributed by atoms with Gasteiger partial charge in [-0.1, -0.05) is 24.3 Å². The second-order valence-corrected chi connectivity index (χ2v) is 8.58. The van der Waals surface area contributed by atoms with E-state index in [0.29, 0.717) is 0 Å². The van der Waals surface area contributed by atoms with Crippen LogP contribution in [0.5, 0.6) is 0 Å². The minimum absolute atomic E-state index is 0.0645. The lowest BCUT2D eigenvalue weighted by molar-refractivity contribution is -0.129. The maximum absolute atomic E-state index is 13.1. The molecule has 0 unspecified atom stereocenters. The molecular formula is C25H28N2O2. The van der Waals surface area contributed by atoms with Crippen molar-refractivity contribution in [1.82, 2.24) is 0 Å². The van der Waals surface area contributed by atoms with Gasteiger partial charge in [-0.3, -0.25) is 9.59 Å². The average Bonchev–Trinajstić information content (AvgIpc) is 3.29. The highest BCUT2D eigenvalue weighted by Gasteiger charge is 2.51. The Morgan fingerprint density at radius 3 is 1.48 bits per heavy atom. The monoisotopic (exact) mass is 388 g/mol. The fourth-order valence-electron chi connectivity index (χ4n) is 4.63. The Hall–Kier alpha value is -2.88. The van der Waals surface area contributed by atoms with Gasteiger partial charge in [0.15, 0.2) is 0 Å². The second kappa shape index (κ2) is 7.51. The number of hydrogen-bond donors (Lipinski definition) is 2. The van der Waals surface area contributed by atoms with Gasteiger partial charge in [-0.2, -0.15) is 0 Å². The first-order valence-electron chi connectivity index (χ1n) is 10.3. The number of anilines is 2. The van der Waals surface area contributed by atoms with E-state index in [1.54, 1.807) is 0 Å². The highest BCUT2D eigenvalue weighted by molar-refractivity contribution is 6.01. The molecule has 0 aromatic heterocycles. The van der Waals surface area contributed by atoms with Crippen LogP contribution in [0.15, 0.2) is 48.6 Å². The van der Waals surface area contributed by atoms with E-state index in [2.05, 4.69) is 36.6 Å². The molecule has 1 fully saturated rings. The number of allylic oxidation sites excluding steroid dienone is 2. The van der Waals surface area contributed by atoms with Crippen LogP contribution in [0.4, 0.5) is 11.4 Å². The molecule has 29 heavy (non-hydrogen) atoms. The summed E-state index contributed by atoms with van der Waals surface area (Å²) in [6.07, 6.45) is 5.08. The van der Waals surface area contributed by atoms with Gasteiger partial charge >= 0.3 is 0 Å². The van der Waals surface area contributed by atoms with E-state index in [9.17, 15) is 9.59 Å². The maximum atomic E-state index is 13.1. The number of fused-ring (bicyclic) bond motifs is 2. The van der Waals surface area contributed by atoms with E-state index in [0.717, 1.165) is 28.9 Å². The van der Waals surface area contributed by atoms with Gasteiger partial charge in [0.25, 0.3) is 0 Å². The molecule has 4 heteroatoms. The van der Waals surface area contributed by atoms with Crippen LogP contribution in [0.3, 0.4) is 0 Å². The molecule has 2 aromatic rings. The third kappa shape index (κ3) is 3.71. The lowest BCUT2D eigenvalue weighted by atomic mass is 9.81. The number of rotatable bonds is 4. The number of benzene rings is 2. The summed E-state index contributed by atoms with van der Waals surface area (Å²) in [5.41, 5.74) is 6.24. The summed E-state index contributed by atoms with van der Waals surface area (Å²) >= 11 is 0. The predicted octanol–water partition coefficient (Wildman–Crippen LogP) is 4.94. The van der Waals surface area contributed by atoms with E-state index in [-0.39, 0.29) is 35.5 Å². The van der Waals surface area contributed by atoms with Gasteiger partial charge in [0.1, 0.15) is 0 Å². The van der Waals surface area contributed by atoms with Gasteiger partial charge in [-0.15, -0.1) is 0 Å². The van der Waals surface area contributed by atoms with Gasteiger partial charge < -0.3 is 10.6 Å². The summed E-state index contributed by atoms with van der Waals surface area (Å²) < 4.78 is 0. The summed E-state index contributed by atoms with van der Waals surface area (Å²) in [4.78, 5) is 26.3. The number of carbonyl (C=O) groups excluding carboxylic acids is 2. The van der Waals surface area contributed by atoms with Crippen molar-refractivity contribution in [2.45, 2.75) is 34.1 Å². The summed E-state index contributed by atoms with van der Waals surface area (Å²) in [5.74, 6) is -0.545. The molecule has 150 valence electrons. The number of aryl methyl sites for hydroxylation is 4. The smallest absolute Gasteiger partial charge is 0.228 e. The molecule has 2 aliphatic rings. The van der Waals surface area contributed by atoms with Gasteiger partial charge in [-0.05, 0) is 92.5 Å². The number of carbonyl (C=O) groups is 2. The van der Waals surface area contributed by atoms with Crippen molar-refractivity contribution in [2.24, 2.45) is 23.7 Å². The third-order valence-corrected chi connectivity index (χ3v) is 6.61. The zero-order valence-electron chi connectivity index (χ0n) is 17.5. The molecule has 4 atom stereocenters. The summed E-state index contributed by atoms with van der Waals surface area (Å²) in [5, 5.41) is 6.10. The fourth-order valence-corrected chi connectivity index (χ4v) is 4.63. The van der Waals surface area contributed by atoms with Crippen LogP contribution < -0.4 is 10.6 Å². The molecule has 0 radical (unpaired) electrons. The minimum atomic E-state index is -0.335. The molecule has 0 aliphatic heterocycles. The molecule has 1 saturated carbocycles. The van der Waals surface area contributed by atoms with Crippen molar-refractivity contribution >= 4 is 23.2 Å². The Morgan fingerprint density at radius 1 is 0.690 bits per heavy atom.